The third-order valence-corrected chi connectivity index (χ3v) is 2.85. The second-order valence-electron chi connectivity index (χ2n) is 4.31. The summed E-state index contributed by atoms with van der Waals surface area (Å²) in [5, 5.41) is 11.9. The van der Waals surface area contributed by atoms with Crippen molar-refractivity contribution in [2.24, 2.45) is 0 Å². The molecule has 1 heterocycles. The monoisotopic (exact) mass is 205 g/mol. The number of aliphatic carboxylic acids is 1. The van der Waals surface area contributed by atoms with E-state index in [0.717, 1.165) is 11.3 Å². The molecule has 1 aromatic rings. The number of nitrogens with one attached hydrogen (secondary N) is 1. The molecule has 80 valence electrons. The van der Waals surface area contributed by atoms with Gasteiger partial charge in [0, 0.05) is 12.1 Å². The Labute approximate surface area is 89.1 Å². The predicted molar refractivity (Wildman–Crippen MR) is 59.3 cm³/mol. The molecule has 1 aliphatic heterocycles. The highest BCUT2D eigenvalue weighted by Crippen LogP contribution is 2.29. The summed E-state index contributed by atoms with van der Waals surface area (Å²) in [7, 11) is 0. The molecule has 1 atom stereocenters. The van der Waals surface area contributed by atoms with Crippen LogP contribution in [-0.4, -0.2) is 17.1 Å². The minimum atomic E-state index is -0.780. The van der Waals surface area contributed by atoms with Crippen molar-refractivity contribution in [2.45, 2.75) is 32.2 Å². The van der Waals surface area contributed by atoms with E-state index in [1.807, 2.05) is 6.07 Å². The molecule has 0 amide bonds. The van der Waals surface area contributed by atoms with Crippen molar-refractivity contribution in [1.29, 1.82) is 0 Å². The summed E-state index contributed by atoms with van der Waals surface area (Å²) >= 11 is 0. The first-order chi connectivity index (χ1) is 7.08. The van der Waals surface area contributed by atoms with E-state index in [9.17, 15) is 4.79 Å². The van der Waals surface area contributed by atoms with Gasteiger partial charge in [-0.25, -0.2) is 4.79 Å². The summed E-state index contributed by atoms with van der Waals surface area (Å²) < 4.78 is 0. The summed E-state index contributed by atoms with van der Waals surface area (Å²) in [6, 6.07) is 5.71. The van der Waals surface area contributed by atoms with Gasteiger partial charge < -0.3 is 10.4 Å². The molecule has 15 heavy (non-hydrogen) atoms. The Hall–Kier alpha value is -1.51. The molecule has 3 nitrogen and oxygen atoms in total. The molecular weight excluding hydrogens is 190 g/mol. The first-order valence-electron chi connectivity index (χ1n) is 5.20. The summed E-state index contributed by atoms with van der Waals surface area (Å²) in [5.74, 6) is -0.307. The van der Waals surface area contributed by atoms with Gasteiger partial charge in [-0.3, -0.25) is 0 Å². The number of carboxylic acid groups (broad SMARTS) is 1. The number of carboxylic acids is 1. The van der Waals surface area contributed by atoms with Crippen LogP contribution in [-0.2, 0) is 11.2 Å². The molecule has 1 aromatic carbocycles. The maximum Gasteiger partial charge on any atom is 0.326 e. The fraction of sp³-hybridized carbons (Fsp3) is 0.417. The molecule has 0 bridgehead atoms. The highest BCUT2D eigenvalue weighted by atomic mass is 16.4. The minimum absolute atomic E-state index is 0.456. The molecule has 0 aliphatic carbocycles. The van der Waals surface area contributed by atoms with Crippen LogP contribution in [0.15, 0.2) is 18.2 Å². The van der Waals surface area contributed by atoms with E-state index in [2.05, 4.69) is 31.3 Å². The van der Waals surface area contributed by atoms with E-state index in [0.29, 0.717) is 12.3 Å². The quantitative estimate of drug-likeness (QED) is 0.778. The largest absolute Gasteiger partial charge is 0.480 e. The van der Waals surface area contributed by atoms with Crippen LogP contribution < -0.4 is 5.32 Å². The smallest absolute Gasteiger partial charge is 0.326 e. The molecule has 0 aromatic heterocycles. The van der Waals surface area contributed by atoms with E-state index in [-0.39, 0.29) is 0 Å². The van der Waals surface area contributed by atoms with Gasteiger partial charge in [0.1, 0.15) is 6.04 Å². The number of hydrogen-bond acceptors (Lipinski definition) is 2. The van der Waals surface area contributed by atoms with Gasteiger partial charge in [0.05, 0.1) is 0 Å². The van der Waals surface area contributed by atoms with Gasteiger partial charge >= 0.3 is 5.97 Å². The number of hydrogen-bond donors (Lipinski definition) is 2. The van der Waals surface area contributed by atoms with Crippen LogP contribution in [0.2, 0.25) is 0 Å². The van der Waals surface area contributed by atoms with E-state index >= 15 is 0 Å². The van der Waals surface area contributed by atoms with Crippen LogP contribution in [0.4, 0.5) is 5.69 Å². The average Bonchev–Trinajstić information content (AvgIpc) is 2.59. The van der Waals surface area contributed by atoms with Gasteiger partial charge in [-0.2, -0.15) is 0 Å². The lowest BCUT2D eigenvalue weighted by Gasteiger charge is -2.08. The third kappa shape index (κ3) is 1.82. The summed E-state index contributed by atoms with van der Waals surface area (Å²) in [5.41, 5.74) is 3.33. The highest BCUT2D eigenvalue weighted by molar-refractivity contribution is 5.81. The topological polar surface area (TPSA) is 49.3 Å². The predicted octanol–water partition coefficient (Wildman–Crippen LogP) is 2.23. The van der Waals surface area contributed by atoms with Crippen LogP contribution in [0.5, 0.6) is 0 Å². The van der Waals surface area contributed by atoms with Crippen molar-refractivity contribution < 1.29 is 9.90 Å². The van der Waals surface area contributed by atoms with Gasteiger partial charge in [-0.05, 0) is 23.1 Å². The molecule has 1 aliphatic rings. The Morgan fingerprint density at radius 3 is 2.87 bits per heavy atom. The Morgan fingerprint density at radius 1 is 1.53 bits per heavy atom. The van der Waals surface area contributed by atoms with Crippen molar-refractivity contribution in [3.05, 3.63) is 29.3 Å². The first-order valence-corrected chi connectivity index (χ1v) is 5.20. The van der Waals surface area contributed by atoms with Gasteiger partial charge in [-0.1, -0.05) is 26.0 Å². The molecular formula is C12H15NO2. The second-order valence-corrected chi connectivity index (χ2v) is 4.31. The lowest BCUT2D eigenvalue weighted by atomic mass is 10.0. The number of anilines is 1. The maximum absolute atomic E-state index is 10.8. The normalized spacial score (nSPS) is 18.7. The fourth-order valence-corrected chi connectivity index (χ4v) is 1.87. The third-order valence-electron chi connectivity index (χ3n) is 2.85. The van der Waals surface area contributed by atoms with Crippen LogP contribution >= 0.6 is 0 Å². The van der Waals surface area contributed by atoms with Crippen molar-refractivity contribution in [3.8, 4) is 0 Å². The van der Waals surface area contributed by atoms with Crippen molar-refractivity contribution >= 4 is 11.7 Å². The van der Waals surface area contributed by atoms with E-state index in [4.69, 9.17) is 5.11 Å². The molecule has 3 heteroatoms. The lowest BCUT2D eigenvalue weighted by Crippen LogP contribution is -2.26. The molecule has 2 N–H and O–H groups in total. The summed E-state index contributed by atoms with van der Waals surface area (Å²) in [4.78, 5) is 10.8. The zero-order valence-electron chi connectivity index (χ0n) is 8.95. The van der Waals surface area contributed by atoms with Crippen LogP contribution in [0.25, 0.3) is 0 Å². The van der Waals surface area contributed by atoms with Gasteiger partial charge in [0.25, 0.3) is 0 Å². The lowest BCUT2D eigenvalue weighted by molar-refractivity contribution is -0.137. The van der Waals surface area contributed by atoms with E-state index < -0.39 is 12.0 Å². The van der Waals surface area contributed by atoms with Crippen LogP contribution in [0.3, 0.4) is 0 Å². The van der Waals surface area contributed by atoms with Gasteiger partial charge in [0.2, 0.25) is 0 Å². The highest BCUT2D eigenvalue weighted by Gasteiger charge is 2.26. The SMILES string of the molecule is CC(C)c1ccc2c(c1)N[C@@H](C(=O)O)C2. The number of rotatable bonds is 2. The maximum atomic E-state index is 10.8. The van der Waals surface area contributed by atoms with Crippen molar-refractivity contribution in [3.63, 3.8) is 0 Å². The van der Waals surface area contributed by atoms with Gasteiger partial charge in [-0.15, -0.1) is 0 Å². The number of fused-ring (bicyclic) bond motifs is 1. The Bertz CT molecular complexity index is 399. The minimum Gasteiger partial charge on any atom is -0.480 e. The Kier molecular flexibility index (Phi) is 2.39. The van der Waals surface area contributed by atoms with Gasteiger partial charge in [0.15, 0.2) is 0 Å². The zero-order chi connectivity index (χ0) is 11.0. The Balaban J connectivity index is 2.27. The number of carbonyl (C=O) groups is 1. The van der Waals surface area contributed by atoms with Crippen LogP contribution in [0.1, 0.15) is 30.9 Å². The second kappa shape index (κ2) is 3.57. The summed E-state index contributed by atoms with van der Waals surface area (Å²) in [6.07, 6.45) is 0.586. The molecule has 0 saturated carbocycles. The average molecular weight is 205 g/mol. The molecule has 2 rings (SSSR count). The Morgan fingerprint density at radius 2 is 2.27 bits per heavy atom. The van der Waals surface area contributed by atoms with E-state index in [1.165, 1.54) is 5.56 Å². The van der Waals surface area contributed by atoms with Crippen molar-refractivity contribution in [2.75, 3.05) is 5.32 Å². The van der Waals surface area contributed by atoms with E-state index in [1.54, 1.807) is 0 Å². The molecule has 0 unspecified atom stereocenters. The summed E-state index contributed by atoms with van der Waals surface area (Å²) in [6.45, 7) is 4.26. The molecule has 0 fully saturated rings. The molecule has 0 radical (unpaired) electrons. The first kappa shape index (κ1) is 10.0. The molecule has 0 saturated heterocycles. The van der Waals surface area contributed by atoms with Crippen molar-refractivity contribution in [1.82, 2.24) is 0 Å². The standard InChI is InChI=1S/C12H15NO2/c1-7(2)8-3-4-9-6-11(12(14)15)13-10(9)5-8/h3-5,7,11,13H,6H2,1-2H3,(H,14,15)/t11-/m1/s1. The number of benzene rings is 1. The fourth-order valence-electron chi connectivity index (χ4n) is 1.87. The van der Waals surface area contributed by atoms with Crippen LogP contribution in [0, 0.1) is 0 Å². The molecule has 0 spiro atoms. The zero-order valence-corrected chi connectivity index (χ0v) is 8.95.